The summed E-state index contributed by atoms with van der Waals surface area (Å²) in [6, 6.07) is 7.91. The maximum absolute atomic E-state index is 12.6. The van der Waals surface area contributed by atoms with Crippen LogP contribution in [0.2, 0.25) is 0 Å². The molecule has 162 valence electrons. The molecule has 1 N–H and O–H groups in total. The molecule has 7 heteroatoms. The van der Waals surface area contributed by atoms with Crippen molar-refractivity contribution < 1.29 is 19.4 Å². The van der Waals surface area contributed by atoms with Gasteiger partial charge in [-0.2, -0.15) is 0 Å². The number of carbonyl (C=O) groups excluding carboxylic acids is 1. The summed E-state index contributed by atoms with van der Waals surface area (Å²) in [7, 11) is 1.66. The lowest BCUT2D eigenvalue weighted by molar-refractivity contribution is -0.199. The minimum absolute atomic E-state index is 0.00678. The van der Waals surface area contributed by atoms with Crippen molar-refractivity contribution in [3.8, 4) is 5.75 Å². The molecule has 0 aromatic heterocycles. The summed E-state index contributed by atoms with van der Waals surface area (Å²) in [5.41, 5.74) is 1.12. The lowest BCUT2D eigenvalue weighted by Gasteiger charge is -2.49. The van der Waals surface area contributed by atoms with E-state index >= 15 is 0 Å². The van der Waals surface area contributed by atoms with Crippen LogP contribution in [0.1, 0.15) is 44.1 Å². The highest BCUT2D eigenvalue weighted by molar-refractivity contribution is 7.80. The Bertz CT molecular complexity index is 810. The molecule has 0 spiro atoms. The molecular formula is C23H30N2O4S. The Balaban J connectivity index is 1.44. The van der Waals surface area contributed by atoms with E-state index in [9.17, 15) is 9.90 Å². The molecule has 3 aliphatic heterocycles. The Morgan fingerprint density at radius 1 is 1.13 bits per heavy atom. The van der Waals surface area contributed by atoms with E-state index in [1.807, 2.05) is 24.3 Å². The van der Waals surface area contributed by atoms with Crippen molar-refractivity contribution in [2.75, 3.05) is 13.7 Å². The van der Waals surface area contributed by atoms with Gasteiger partial charge in [0.2, 0.25) is 0 Å². The number of fused-ring (bicyclic) bond motifs is 2. The molecule has 5 aliphatic rings. The molecule has 1 aromatic rings. The third-order valence-corrected chi connectivity index (χ3v) is 7.90. The first kappa shape index (κ1) is 20.1. The Morgan fingerprint density at radius 2 is 1.87 bits per heavy atom. The van der Waals surface area contributed by atoms with Gasteiger partial charge < -0.3 is 24.4 Å². The summed E-state index contributed by atoms with van der Waals surface area (Å²) in [6.07, 6.45) is 5.69. The molecule has 0 radical (unpaired) electrons. The first-order valence-electron chi connectivity index (χ1n) is 11.2. The maximum Gasteiger partial charge on any atom is 0.311 e. The van der Waals surface area contributed by atoms with Gasteiger partial charge in [0.25, 0.3) is 0 Å². The molecule has 3 heterocycles. The molecule has 5 unspecified atom stereocenters. The van der Waals surface area contributed by atoms with E-state index in [4.69, 9.17) is 21.7 Å². The zero-order valence-electron chi connectivity index (χ0n) is 17.4. The van der Waals surface area contributed by atoms with E-state index in [1.54, 1.807) is 7.11 Å². The fourth-order valence-corrected chi connectivity index (χ4v) is 6.31. The van der Waals surface area contributed by atoms with Gasteiger partial charge in [0.1, 0.15) is 11.9 Å². The second kappa shape index (κ2) is 8.00. The van der Waals surface area contributed by atoms with Crippen LogP contribution < -0.4 is 4.74 Å². The number of nitrogens with zero attached hydrogens (tertiary/aromatic N) is 2. The molecule has 5 atom stereocenters. The van der Waals surface area contributed by atoms with Crippen molar-refractivity contribution in [1.82, 2.24) is 9.80 Å². The first-order chi connectivity index (χ1) is 14.6. The Labute approximate surface area is 183 Å². The lowest BCUT2D eigenvalue weighted by Crippen LogP contribution is -2.66. The minimum Gasteiger partial charge on any atom is -0.497 e. The molecule has 2 aliphatic carbocycles. The van der Waals surface area contributed by atoms with Crippen LogP contribution in [0.15, 0.2) is 24.3 Å². The Kier molecular flexibility index (Phi) is 5.35. The molecule has 5 fully saturated rings. The van der Waals surface area contributed by atoms with Crippen LogP contribution in [0.4, 0.5) is 0 Å². The normalized spacial score (nSPS) is 33.6. The van der Waals surface area contributed by atoms with Gasteiger partial charge in [-0.1, -0.05) is 31.4 Å². The van der Waals surface area contributed by atoms with Gasteiger partial charge >= 0.3 is 5.97 Å². The number of rotatable bonds is 5. The number of thiocarbonyl (C=S) groups is 1. The van der Waals surface area contributed by atoms with E-state index in [0.717, 1.165) is 23.0 Å². The van der Waals surface area contributed by atoms with Crippen LogP contribution in [-0.4, -0.2) is 63.9 Å². The monoisotopic (exact) mass is 430 g/mol. The third kappa shape index (κ3) is 3.36. The van der Waals surface area contributed by atoms with Crippen LogP contribution in [0.25, 0.3) is 0 Å². The van der Waals surface area contributed by atoms with Gasteiger partial charge in [-0.05, 0) is 55.1 Å². The molecule has 1 aromatic carbocycles. The average molecular weight is 431 g/mol. The summed E-state index contributed by atoms with van der Waals surface area (Å²) < 4.78 is 10.9. The zero-order valence-corrected chi connectivity index (χ0v) is 18.2. The van der Waals surface area contributed by atoms with Gasteiger partial charge in [-0.25, -0.2) is 0 Å². The van der Waals surface area contributed by atoms with Gasteiger partial charge in [0.15, 0.2) is 5.11 Å². The molecule has 6 nitrogen and oxygen atoms in total. The van der Waals surface area contributed by atoms with Crippen molar-refractivity contribution in [2.45, 2.75) is 69.4 Å². The number of methoxy groups -OCH3 is 1. The van der Waals surface area contributed by atoms with Crippen LogP contribution >= 0.6 is 12.2 Å². The van der Waals surface area contributed by atoms with Crippen LogP contribution in [0.5, 0.6) is 5.75 Å². The predicted octanol–water partition coefficient (Wildman–Crippen LogP) is 2.72. The van der Waals surface area contributed by atoms with Gasteiger partial charge in [-0.3, -0.25) is 4.79 Å². The van der Waals surface area contributed by atoms with Crippen molar-refractivity contribution in [3.63, 3.8) is 0 Å². The number of carbonyl (C=O) groups is 1. The Morgan fingerprint density at radius 3 is 2.57 bits per heavy atom. The van der Waals surface area contributed by atoms with E-state index in [0.29, 0.717) is 18.9 Å². The maximum atomic E-state index is 12.6. The number of hydrogen-bond acceptors (Lipinski definition) is 5. The summed E-state index contributed by atoms with van der Waals surface area (Å²) in [6.45, 7) is 1.55. The van der Waals surface area contributed by atoms with Crippen molar-refractivity contribution in [2.24, 2.45) is 11.8 Å². The second-order valence-electron chi connectivity index (χ2n) is 9.21. The van der Waals surface area contributed by atoms with Gasteiger partial charge in [-0.15, -0.1) is 0 Å². The van der Waals surface area contributed by atoms with Crippen LogP contribution in [0, 0.1) is 11.8 Å². The molecule has 6 rings (SSSR count). The van der Waals surface area contributed by atoms with E-state index in [2.05, 4.69) is 9.80 Å². The SMILES string of the molecule is COc1ccc(CN2C(=S)N(CC3CCCCC3)C3C4CC(O)C(OC4=O)C32)cc1. The topological polar surface area (TPSA) is 62.2 Å². The van der Waals surface area contributed by atoms with Crippen molar-refractivity contribution in [1.29, 1.82) is 0 Å². The van der Waals surface area contributed by atoms with E-state index in [1.165, 1.54) is 32.1 Å². The highest BCUT2D eigenvalue weighted by Gasteiger charge is 2.62. The molecular weight excluding hydrogens is 400 g/mol. The molecule has 30 heavy (non-hydrogen) atoms. The third-order valence-electron chi connectivity index (χ3n) is 7.43. The number of aliphatic hydroxyl groups excluding tert-OH is 1. The number of aliphatic hydroxyl groups is 1. The molecule has 2 saturated carbocycles. The highest BCUT2D eigenvalue weighted by atomic mass is 32.1. The first-order valence-corrected chi connectivity index (χ1v) is 11.6. The fraction of sp³-hybridized carbons (Fsp3) is 0.652. The predicted molar refractivity (Wildman–Crippen MR) is 116 cm³/mol. The van der Waals surface area contributed by atoms with Crippen molar-refractivity contribution in [3.05, 3.63) is 29.8 Å². The van der Waals surface area contributed by atoms with Gasteiger partial charge in [0.05, 0.1) is 31.2 Å². The number of hydrogen-bond donors (Lipinski definition) is 1. The van der Waals surface area contributed by atoms with Gasteiger partial charge in [0, 0.05) is 13.1 Å². The largest absolute Gasteiger partial charge is 0.497 e. The Hall–Kier alpha value is -1.86. The minimum atomic E-state index is -0.621. The summed E-state index contributed by atoms with van der Waals surface area (Å²) in [5, 5.41) is 11.4. The molecule has 0 amide bonds. The van der Waals surface area contributed by atoms with Crippen LogP contribution in [0.3, 0.4) is 0 Å². The van der Waals surface area contributed by atoms with E-state index < -0.39 is 12.2 Å². The zero-order chi connectivity index (χ0) is 20.8. The number of ether oxygens (including phenoxy) is 2. The number of esters is 1. The second-order valence-corrected chi connectivity index (χ2v) is 9.57. The quantitative estimate of drug-likeness (QED) is 0.569. The average Bonchev–Trinajstić information content (AvgIpc) is 3.03. The fourth-order valence-electron chi connectivity index (χ4n) is 5.93. The summed E-state index contributed by atoms with van der Waals surface area (Å²) in [4.78, 5) is 17.1. The summed E-state index contributed by atoms with van der Waals surface area (Å²) >= 11 is 5.98. The molecule has 3 saturated heterocycles. The molecule has 2 bridgehead atoms. The highest BCUT2D eigenvalue weighted by Crippen LogP contribution is 2.45. The smallest absolute Gasteiger partial charge is 0.311 e. The number of benzene rings is 1. The van der Waals surface area contributed by atoms with Crippen LogP contribution in [-0.2, 0) is 16.1 Å². The summed E-state index contributed by atoms with van der Waals surface area (Å²) in [5.74, 6) is 0.965. The van der Waals surface area contributed by atoms with E-state index in [-0.39, 0.29) is 24.0 Å². The van der Waals surface area contributed by atoms with Crippen molar-refractivity contribution >= 4 is 23.3 Å². The standard InChI is InChI=1S/C23H30N2O4S/c1-28-16-9-7-15(8-10-16)13-25-20-19(17-11-18(26)21(20)29-22(17)27)24(23(25)30)12-14-5-3-2-4-6-14/h7-10,14,17-21,26H,2-6,11-13H2,1H3. The lowest BCUT2D eigenvalue weighted by atomic mass is 9.74.